The van der Waals surface area contributed by atoms with Crippen molar-refractivity contribution < 1.29 is 9.53 Å². The van der Waals surface area contributed by atoms with Gasteiger partial charge in [0, 0.05) is 11.5 Å². The first-order valence-corrected chi connectivity index (χ1v) is 10.3. The Balaban J connectivity index is 1.37. The predicted molar refractivity (Wildman–Crippen MR) is 111 cm³/mol. The van der Waals surface area contributed by atoms with E-state index in [2.05, 4.69) is 15.1 Å². The first-order chi connectivity index (χ1) is 13.7. The molecule has 2 heterocycles. The molecule has 1 aliphatic heterocycles. The van der Waals surface area contributed by atoms with E-state index >= 15 is 0 Å². The molecule has 1 fully saturated rings. The molecule has 1 aromatic heterocycles. The van der Waals surface area contributed by atoms with Gasteiger partial charge >= 0.3 is 0 Å². The smallest absolute Gasteiger partial charge is 0.176 e. The molecule has 5 nitrogen and oxygen atoms in total. The van der Waals surface area contributed by atoms with Crippen LogP contribution in [0.4, 0.5) is 0 Å². The molecular weight excluding hydrogens is 370 g/mol. The molecule has 6 heteroatoms. The highest BCUT2D eigenvalue weighted by molar-refractivity contribution is 7.14. The van der Waals surface area contributed by atoms with Gasteiger partial charge in [0.05, 0.1) is 19.2 Å². The number of ketones is 1. The molecule has 0 saturated carbocycles. The maximum Gasteiger partial charge on any atom is 0.176 e. The Hall–Kier alpha value is -2.57. The summed E-state index contributed by atoms with van der Waals surface area (Å²) in [4.78, 5) is 14.7. The summed E-state index contributed by atoms with van der Waals surface area (Å²) in [5.74, 6) is 1.41. The van der Waals surface area contributed by atoms with Gasteiger partial charge in [-0.3, -0.25) is 9.69 Å². The minimum atomic E-state index is 0.188. The number of methoxy groups -OCH3 is 1. The maximum atomic E-state index is 12.4. The predicted octanol–water partition coefficient (Wildman–Crippen LogP) is 4.28. The number of nitrogens with zero attached hydrogens (tertiary/aromatic N) is 3. The highest BCUT2D eigenvalue weighted by Crippen LogP contribution is 2.36. The van der Waals surface area contributed by atoms with E-state index in [0.717, 1.165) is 52.8 Å². The van der Waals surface area contributed by atoms with Crippen LogP contribution in [-0.4, -0.2) is 47.6 Å². The van der Waals surface area contributed by atoms with Crippen LogP contribution in [0.25, 0.3) is 10.6 Å². The topological polar surface area (TPSA) is 55.3 Å². The zero-order chi connectivity index (χ0) is 19.3. The number of hydrogen-bond acceptors (Lipinski definition) is 6. The second-order valence-electron chi connectivity index (χ2n) is 6.99. The molecule has 0 amide bonds. The number of hydrogen-bond donors (Lipinski definition) is 0. The fraction of sp³-hybridized carbons (Fsp3) is 0.318. The Morgan fingerprint density at radius 3 is 2.54 bits per heavy atom. The summed E-state index contributed by atoms with van der Waals surface area (Å²) < 4.78 is 5.44. The summed E-state index contributed by atoms with van der Waals surface area (Å²) in [6.45, 7) is 2.30. The molecule has 1 aliphatic rings. The standard InChI is InChI=1S/C22H23N3O2S/c1-27-20-10-6-5-9-18(20)22-24-23-21(28-22)17-11-13-25(14-12-17)15-19(26)16-7-3-2-4-8-16/h2-10,17H,11-15H2,1H3. The zero-order valence-corrected chi connectivity index (χ0v) is 16.7. The fourth-order valence-electron chi connectivity index (χ4n) is 3.59. The molecule has 0 atom stereocenters. The molecule has 28 heavy (non-hydrogen) atoms. The first kappa shape index (κ1) is 18.8. The molecular formula is C22H23N3O2S. The Morgan fingerprint density at radius 1 is 1.07 bits per heavy atom. The average Bonchev–Trinajstić information content (AvgIpc) is 3.25. The number of aromatic nitrogens is 2. The van der Waals surface area contributed by atoms with Gasteiger partial charge in [-0.15, -0.1) is 10.2 Å². The number of carbonyl (C=O) groups excluding carboxylic acids is 1. The Kier molecular flexibility index (Phi) is 5.78. The van der Waals surface area contributed by atoms with Gasteiger partial charge in [-0.2, -0.15) is 0 Å². The Labute approximate surface area is 169 Å². The van der Waals surface area contributed by atoms with Crippen molar-refractivity contribution in [2.45, 2.75) is 18.8 Å². The van der Waals surface area contributed by atoms with E-state index in [1.807, 2.05) is 54.6 Å². The van der Waals surface area contributed by atoms with Crippen molar-refractivity contribution in [2.24, 2.45) is 0 Å². The molecule has 0 aliphatic carbocycles. The summed E-state index contributed by atoms with van der Waals surface area (Å²) in [6.07, 6.45) is 2.01. The lowest BCUT2D eigenvalue weighted by Crippen LogP contribution is -2.36. The van der Waals surface area contributed by atoms with Crippen molar-refractivity contribution >= 4 is 17.1 Å². The molecule has 0 spiro atoms. The lowest BCUT2D eigenvalue weighted by molar-refractivity contribution is 0.0909. The molecule has 4 rings (SSSR count). The van der Waals surface area contributed by atoms with Crippen LogP contribution in [0, 0.1) is 0 Å². The molecule has 2 aromatic carbocycles. The average molecular weight is 394 g/mol. The van der Waals surface area contributed by atoms with Gasteiger partial charge in [-0.05, 0) is 38.1 Å². The van der Waals surface area contributed by atoms with Crippen LogP contribution < -0.4 is 4.74 Å². The zero-order valence-electron chi connectivity index (χ0n) is 15.9. The normalized spacial score (nSPS) is 15.5. The number of likely N-dealkylation sites (tertiary alicyclic amines) is 1. The van der Waals surface area contributed by atoms with Crippen LogP contribution in [0.3, 0.4) is 0 Å². The second kappa shape index (κ2) is 8.63. The highest BCUT2D eigenvalue weighted by Gasteiger charge is 2.25. The molecule has 0 radical (unpaired) electrons. The van der Waals surface area contributed by atoms with E-state index in [4.69, 9.17) is 4.74 Å². The van der Waals surface area contributed by atoms with E-state index in [0.29, 0.717) is 12.5 Å². The summed E-state index contributed by atoms with van der Waals surface area (Å²) in [5.41, 5.74) is 1.77. The lowest BCUT2D eigenvalue weighted by Gasteiger charge is -2.30. The first-order valence-electron chi connectivity index (χ1n) is 9.52. The van der Waals surface area contributed by atoms with Crippen LogP contribution in [0.2, 0.25) is 0 Å². The van der Waals surface area contributed by atoms with Gasteiger partial charge in [0.1, 0.15) is 10.8 Å². The van der Waals surface area contributed by atoms with Crippen molar-refractivity contribution in [3.63, 3.8) is 0 Å². The maximum absolute atomic E-state index is 12.4. The number of ether oxygens (including phenoxy) is 1. The molecule has 144 valence electrons. The van der Waals surface area contributed by atoms with E-state index in [-0.39, 0.29) is 5.78 Å². The Bertz CT molecular complexity index is 934. The van der Waals surface area contributed by atoms with Gasteiger partial charge < -0.3 is 4.74 Å². The number of carbonyl (C=O) groups is 1. The molecule has 3 aromatic rings. The third kappa shape index (κ3) is 4.13. The van der Waals surface area contributed by atoms with Crippen LogP contribution in [0.15, 0.2) is 54.6 Å². The number of rotatable bonds is 6. The summed E-state index contributed by atoms with van der Waals surface area (Å²) >= 11 is 1.65. The number of Topliss-reactive ketones (excluding diaryl/α,β-unsaturated/α-hetero) is 1. The third-order valence-electron chi connectivity index (χ3n) is 5.18. The van der Waals surface area contributed by atoms with E-state index in [1.54, 1.807) is 18.4 Å². The number of benzene rings is 2. The van der Waals surface area contributed by atoms with Gasteiger partial charge in [-0.25, -0.2) is 0 Å². The highest BCUT2D eigenvalue weighted by atomic mass is 32.1. The van der Waals surface area contributed by atoms with Crippen molar-refractivity contribution in [2.75, 3.05) is 26.7 Å². The number of piperidine rings is 1. The van der Waals surface area contributed by atoms with Gasteiger partial charge in [-0.1, -0.05) is 53.8 Å². The lowest BCUT2D eigenvalue weighted by atomic mass is 9.97. The van der Waals surface area contributed by atoms with Crippen molar-refractivity contribution in [1.29, 1.82) is 0 Å². The van der Waals surface area contributed by atoms with Crippen molar-refractivity contribution in [1.82, 2.24) is 15.1 Å². The Morgan fingerprint density at radius 2 is 1.79 bits per heavy atom. The van der Waals surface area contributed by atoms with Gasteiger partial charge in [0.15, 0.2) is 10.8 Å². The summed E-state index contributed by atoms with van der Waals surface area (Å²) in [6, 6.07) is 17.4. The van der Waals surface area contributed by atoms with Gasteiger partial charge in [0.2, 0.25) is 0 Å². The largest absolute Gasteiger partial charge is 0.496 e. The number of para-hydroxylation sites is 1. The minimum absolute atomic E-state index is 0.188. The van der Waals surface area contributed by atoms with Crippen LogP contribution in [0.1, 0.15) is 34.1 Å². The van der Waals surface area contributed by atoms with E-state index in [9.17, 15) is 4.79 Å². The van der Waals surface area contributed by atoms with Crippen LogP contribution >= 0.6 is 11.3 Å². The van der Waals surface area contributed by atoms with Crippen LogP contribution in [0.5, 0.6) is 5.75 Å². The van der Waals surface area contributed by atoms with Gasteiger partial charge in [0.25, 0.3) is 0 Å². The molecule has 0 bridgehead atoms. The van der Waals surface area contributed by atoms with E-state index < -0.39 is 0 Å². The quantitative estimate of drug-likeness (QED) is 0.585. The molecule has 1 saturated heterocycles. The monoisotopic (exact) mass is 393 g/mol. The SMILES string of the molecule is COc1ccccc1-c1nnc(C2CCN(CC(=O)c3ccccc3)CC2)s1. The summed E-state index contributed by atoms with van der Waals surface area (Å²) in [5, 5.41) is 10.8. The van der Waals surface area contributed by atoms with Crippen LogP contribution in [-0.2, 0) is 0 Å². The van der Waals surface area contributed by atoms with Crippen molar-refractivity contribution in [3.05, 3.63) is 65.2 Å². The molecule has 0 N–H and O–H groups in total. The molecule has 0 unspecified atom stereocenters. The fourth-order valence-corrected chi connectivity index (χ4v) is 4.63. The third-order valence-corrected chi connectivity index (χ3v) is 6.30. The van der Waals surface area contributed by atoms with Crippen molar-refractivity contribution in [3.8, 4) is 16.3 Å². The summed E-state index contributed by atoms with van der Waals surface area (Å²) in [7, 11) is 1.67. The minimum Gasteiger partial charge on any atom is -0.496 e. The second-order valence-corrected chi connectivity index (χ2v) is 7.99. The van der Waals surface area contributed by atoms with E-state index in [1.165, 1.54) is 0 Å².